The number of allylic oxidation sites excluding steroid dienone is 4. The molecule has 0 unspecified atom stereocenters. The quantitative estimate of drug-likeness (QED) is 0.374. The van der Waals surface area contributed by atoms with Crippen LogP contribution in [0.15, 0.2) is 48.6 Å². The van der Waals surface area contributed by atoms with Crippen LogP contribution in [0.3, 0.4) is 0 Å². The van der Waals surface area contributed by atoms with Crippen LogP contribution < -0.4 is 0 Å². The Morgan fingerprint density at radius 3 is 2.29 bits per heavy atom. The van der Waals surface area contributed by atoms with Gasteiger partial charge in [0.15, 0.2) is 0 Å². The van der Waals surface area contributed by atoms with E-state index in [0.29, 0.717) is 5.92 Å². The summed E-state index contributed by atoms with van der Waals surface area (Å²) < 4.78 is 0. The molecule has 0 aromatic heterocycles. The number of benzene rings is 2. The van der Waals surface area contributed by atoms with E-state index in [4.69, 9.17) is 0 Å². The number of hydrogen-bond donors (Lipinski definition) is 0. The van der Waals surface area contributed by atoms with Crippen LogP contribution in [-0.4, -0.2) is 9.52 Å². The van der Waals surface area contributed by atoms with Gasteiger partial charge in [0, 0.05) is 35.7 Å². The molecule has 2 aromatic carbocycles. The zero-order valence-corrected chi connectivity index (χ0v) is 18.6. The van der Waals surface area contributed by atoms with Gasteiger partial charge in [0.25, 0.3) is 0 Å². The second-order valence-electron chi connectivity index (χ2n) is 6.35. The van der Waals surface area contributed by atoms with Crippen molar-refractivity contribution in [2.45, 2.75) is 39.3 Å². The van der Waals surface area contributed by atoms with E-state index in [2.05, 4.69) is 81.6 Å². The van der Waals surface area contributed by atoms with Crippen LogP contribution in [0.25, 0.3) is 11.1 Å². The van der Waals surface area contributed by atoms with Gasteiger partial charge in [-0.2, -0.15) is 11.6 Å². The third-order valence-corrected chi connectivity index (χ3v) is 4.66. The maximum atomic E-state index is 3.72. The summed E-state index contributed by atoms with van der Waals surface area (Å²) in [5, 5.41) is 0. The second-order valence-corrected chi connectivity index (χ2v) is 7.50. The van der Waals surface area contributed by atoms with Gasteiger partial charge in [-0.15, -0.1) is 22.3 Å². The Morgan fingerprint density at radius 2 is 1.62 bits per heavy atom. The summed E-state index contributed by atoms with van der Waals surface area (Å²) in [6.45, 7) is 8.92. The average Bonchev–Trinajstić information content (AvgIpc) is 3.18. The Labute approximate surface area is 168 Å². The second kappa shape index (κ2) is 8.41. The Kier molecular flexibility index (Phi) is 6.78. The zero-order valence-electron chi connectivity index (χ0n) is 15.0. The van der Waals surface area contributed by atoms with E-state index < -0.39 is 0 Å². The standard InChI is InChI=1S/C20H17.C2H7Si.Zr/c1-13-14(2)20-17(11-16-9-5-6-10-18(16)20)12-19(13)15-7-3-4-8-15;1-3-2;/h3-10,15H,11H2,1-2H3;3H,1-2H3;/q-1;;. The third-order valence-electron chi connectivity index (χ3n) is 4.66. The van der Waals surface area contributed by atoms with Gasteiger partial charge in [0.1, 0.15) is 0 Å². The molecular formula is C22H24SiZr-. The predicted molar refractivity (Wildman–Crippen MR) is 103 cm³/mol. The normalized spacial score (nSPS) is 13.8. The van der Waals surface area contributed by atoms with E-state index in [1.54, 1.807) is 0 Å². The van der Waals surface area contributed by atoms with Gasteiger partial charge in [0.05, 0.1) is 0 Å². The molecule has 0 atom stereocenters. The van der Waals surface area contributed by atoms with E-state index in [9.17, 15) is 0 Å². The van der Waals surface area contributed by atoms with E-state index in [1.807, 2.05) is 0 Å². The zero-order chi connectivity index (χ0) is 16.4. The van der Waals surface area contributed by atoms with Gasteiger partial charge < -0.3 is 0 Å². The molecule has 1 radical (unpaired) electrons. The van der Waals surface area contributed by atoms with Gasteiger partial charge >= 0.3 is 0 Å². The summed E-state index contributed by atoms with van der Waals surface area (Å²) in [7, 11) is 0.750. The molecule has 121 valence electrons. The Bertz CT molecular complexity index is 775. The van der Waals surface area contributed by atoms with Gasteiger partial charge in [-0.1, -0.05) is 86.6 Å². The molecule has 0 amide bonds. The van der Waals surface area contributed by atoms with Crippen molar-refractivity contribution >= 4 is 9.52 Å². The molecule has 2 aromatic rings. The molecule has 4 rings (SSSR count). The summed E-state index contributed by atoms with van der Waals surface area (Å²) in [6, 6.07) is 12.5. The molecular weight excluding hydrogens is 384 g/mol. The summed E-state index contributed by atoms with van der Waals surface area (Å²) in [6.07, 6.45) is 9.81. The third kappa shape index (κ3) is 3.51. The van der Waals surface area contributed by atoms with Crippen molar-refractivity contribution in [3.63, 3.8) is 0 Å². The number of fused-ring (bicyclic) bond motifs is 3. The minimum Gasteiger partial charge on any atom is -0.175 e. The molecule has 0 heterocycles. The molecule has 0 saturated carbocycles. The van der Waals surface area contributed by atoms with Gasteiger partial charge in [-0.25, -0.2) is 0 Å². The van der Waals surface area contributed by atoms with Crippen molar-refractivity contribution in [3.05, 3.63) is 82.5 Å². The molecule has 0 N–H and O–H groups in total. The minimum atomic E-state index is 0. The van der Waals surface area contributed by atoms with Crippen LogP contribution >= 0.6 is 0 Å². The Morgan fingerprint density at radius 1 is 1.00 bits per heavy atom. The van der Waals surface area contributed by atoms with Gasteiger partial charge in [0.2, 0.25) is 0 Å². The van der Waals surface area contributed by atoms with Crippen molar-refractivity contribution in [3.8, 4) is 11.1 Å². The molecule has 2 aliphatic carbocycles. The molecule has 24 heavy (non-hydrogen) atoms. The van der Waals surface area contributed by atoms with E-state index >= 15 is 0 Å². The Balaban J connectivity index is 0.000000487. The van der Waals surface area contributed by atoms with Crippen molar-refractivity contribution < 1.29 is 26.2 Å². The maximum Gasteiger partial charge on any atom is 0.0213 e. The summed E-state index contributed by atoms with van der Waals surface area (Å²) in [5.74, 6) is 0.405. The first-order valence-electron chi connectivity index (χ1n) is 8.39. The topological polar surface area (TPSA) is 0 Å². The molecule has 0 aliphatic heterocycles. The van der Waals surface area contributed by atoms with Crippen LogP contribution in [0.5, 0.6) is 0 Å². The molecule has 0 fully saturated rings. The van der Waals surface area contributed by atoms with Gasteiger partial charge in [-0.3, -0.25) is 0 Å². The van der Waals surface area contributed by atoms with Crippen LogP contribution in [0.1, 0.15) is 33.7 Å². The van der Waals surface area contributed by atoms with Crippen molar-refractivity contribution in [2.24, 2.45) is 0 Å². The van der Waals surface area contributed by atoms with Crippen LogP contribution in [0.2, 0.25) is 13.1 Å². The average molecular weight is 408 g/mol. The molecule has 0 spiro atoms. The number of hydrogen-bond acceptors (Lipinski definition) is 0. The summed E-state index contributed by atoms with van der Waals surface area (Å²) in [5.41, 5.74) is 9.80. The monoisotopic (exact) mass is 406 g/mol. The van der Waals surface area contributed by atoms with E-state index in [1.165, 1.54) is 38.9 Å². The van der Waals surface area contributed by atoms with Crippen molar-refractivity contribution in [1.29, 1.82) is 0 Å². The maximum absolute atomic E-state index is 3.72. The Hall–Kier alpha value is -0.980. The fraction of sp³-hybridized carbons (Fsp3) is 0.273. The molecule has 2 aliphatic rings. The molecule has 0 saturated heterocycles. The van der Waals surface area contributed by atoms with E-state index in [-0.39, 0.29) is 26.2 Å². The minimum absolute atomic E-state index is 0. The SMILES string of the molecule is C[SiH]C.Cc1c(C2C=CC=C2)[c-]c2c(c1C)-c1ccccc1C2.[Zr]. The predicted octanol–water partition coefficient (Wildman–Crippen LogP) is 5.40. The molecule has 0 bridgehead atoms. The summed E-state index contributed by atoms with van der Waals surface area (Å²) in [4.78, 5) is 0. The fourth-order valence-electron chi connectivity index (χ4n) is 3.50. The van der Waals surface area contributed by atoms with Crippen LogP contribution in [-0.2, 0) is 32.6 Å². The first-order chi connectivity index (χ1) is 11.2. The first-order valence-corrected chi connectivity index (χ1v) is 10.7. The van der Waals surface area contributed by atoms with Crippen molar-refractivity contribution in [2.75, 3.05) is 0 Å². The van der Waals surface area contributed by atoms with Crippen LogP contribution in [0, 0.1) is 19.9 Å². The van der Waals surface area contributed by atoms with Crippen molar-refractivity contribution in [1.82, 2.24) is 0 Å². The summed E-state index contributed by atoms with van der Waals surface area (Å²) >= 11 is 0. The van der Waals surface area contributed by atoms with Gasteiger partial charge in [-0.05, 0) is 12.3 Å². The van der Waals surface area contributed by atoms with E-state index in [0.717, 1.165) is 15.9 Å². The molecule has 0 nitrogen and oxygen atoms in total. The fourth-order valence-corrected chi connectivity index (χ4v) is 3.50. The number of rotatable bonds is 1. The first kappa shape index (κ1) is 19.3. The largest absolute Gasteiger partial charge is 0.175 e. The van der Waals surface area contributed by atoms with Crippen LogP contribution in [0.4, 0.5) is 0 Å². The smallest absolute Gasteiger partial charge is 0.0213 e. The molecule has 2 heteroatoms.